The second kappa shape index (κ2) is 8.03. The number of carbonyl (C=O) groups excluding carboxylic acids is 2. The zero-order valence-corrected chi connectivity index (χ0v) is 14.4. The Labute approximate surface area is 146 Å². The molecule has 2 rings (SSSR count). The summed E-state index contributed by atoms with van der Waals surface area (Å²) in [6, 6.07) is 0.762. The number of hydrogen-bond acceptors (Lipinski definition) is 6. The molecule has 0 aromatic carbocycles. The van der Waals surface area contributed by atoms with Crippen molar-refractivity contribution in [2.75, 3.05) is 12.9 Å². The summed E-state index contributed by atoms with van der Waals surface area (Å²) >= 11 is 0.779. The van der Waals surface area contributed by atoms with E-state index in [2.05, 4.69) is 15.3 Å². The Bertz CT molecular complexity index is 634. The molecule has 1 N–H and O–H groups in total. The number of nitrogens with one attached hydrogen (secondary N) is 1. The van der Waals surface area contributed by atoms with Crippen molar-refractivity contribution >= 4 is 23.6 Å². The van der Waals surface area contributed by atoms with Crippen LogP contribution in [0, 0.1) is 0 Å². The summed E-state index contributed by atoms with van der Waals surface area (Å²) in [5.74, 6) is -1.17. The normalized spacial score (nSPS) is 17.0. The monoisotopic (exact) mass is 377 g/mol. The molecule has 1 heterocycles. The molecule has 1 saturated carbocycles. The minimum atomic E-state index is -4.57. The van der Waals surface area contributed by atoms with Gasteiger partial charge in [-0.3, -0.25) is 4.79 Å². The smallest absolute Gasteiger partial charge is 0.433 e. The van der Waals surface area contributed by atoms with Crippen molar-refractivity contribution < 1.29 is 27.5 Å². The highest BCUT2D eigenvalue weighted by Crippen LogP contribution is 2.30. The van der Waals surface area contributed by atoms with Crippen molar-refractivity contribution in [2.24, 2.45) is 0 Å². The first-order chi connectivity index (χ1) is 11.8. The molecule has 0 spiro atoms. The number of thioether (sulfide) groups is 1. The van der Waals surface area contributed by atoms with Crippen molar-refractivity contribution in [3.05, 3.63) is 18.0 Å². The summed E-state index contributed by atoms with van der Waals surface area (Å²) in [6.07, 6.45) is -0.0586. The van der Waals surface area contributed by atoms with Gasteiger partial charge in [0.15, 0.2) is 5.16 Å². The second-order valence-electron chi connectivity index (χ2n) is 5.69. The van der Waals surface area contributed by atoms with Crippen molar-refractivity contribution in [3.8, 4) is 0 Å². The van der Waals surface area contributed by atoms with Gasteiger partial charge >= 0.3 is 12.1 Å². The molecule has 1 aliphatic rings. The SMILES string of the molecule is COC(=O)C1(NC(=O)CSc2nccc(C(F)(F)F)n2)CCCCC1. The number of amides is 1. The first-order valence-electron chi connectivity index (χ1n) is 7.69. The number of ether oxygens (including phenoxy) is 1. The van der Waals surface area contributed by atoms with Gasteiger partial charge in [-0.25, -0.2) is 14.8 Å². The molecule has 1 aromatic heterocycles. The number of esters is 1. The molecule has 25 heavy (non-hydrogen) atoms. The van der Waals surface area contributed by atoms with Crippen LogP contribution in [0.15, 0.2) is 17.4 Å². The average Bonchev–Trinajstić information content (AvgIpc) is 2.59. The quantitative estimate of drug-likeness (QED) is 0.483. The van der Waals surface area contributed by atoms with E-state index >= 15 is 0 Å². The van der Waals surface area contributed by atoms with Crippen molar-refractivity contribution in [3.63, 3.8) is 0 Å². The van der Waals surface area contributed by atoms with Crippen LogP contribution in [0.3, 0.4) is 0 Å². The highest BCUT2D eigenvalue weighted by molar-refractivity contribution is 7.99. The molecule has 0 atom stereocenters. The van der Waals surface area contributed by atoms with Gasteiger partial charge in [0.2, 0.25) is 5.91 Å². The number of carbonyl (C=O) groups is 2. The van der Waals surface area contributed by atoms with Gasteiger partial charge in [0.05, 0.1) is 12.9 Å². The van der Waals surface area contributed by atoms with Crippen LogP contribution in [0.4, 0.5) is 13.2 Å². The lowest BCUT2D eigenvalue weighted by molar-refractivity contribution is -0.152. The Balaban J connectivity index is 1.99. The summed E-state index contributed by atoms with van der Waals surface area (Å²) in [5, 5.41) is 2.53. The molecular formula is C15H18F3N3O3S. The van der Waals surface area contributed by atoms with Crippen LogP contribution in [0.1, 0.15) is 37.8 Å². The predicted molar refractivity (Wildman–Crippen MR) is 83.7 cm³/mol. The molecule has 1 amide bonds. The number of hydrogen-bond donors (Lipinski definition) is 1. The maximum Gasteiger partial charge on any atom is 0.433 e. The fourth-order valence-corrected chi connectivity index (χ4v) is 3.36. The Morgan fingerprint density at radius 3 is 2.60 bits per heavy atom. The van der Waals surface area contributed by atoms with Crippen LogP contribution >= 0.6 is 11.8 Å². The first-order valence-corrected chi connectivity index (χ1v) is 8.68. The predicted octanol–water partition coefficient (Wildman–Crippen LogP) is 2.58. The number of alkyl halides is 3. The molecule has 1 fully saturated rings. The Morgan fingerprint density at radius 2 is 2.00 bits per heavy atom. The number of halogens is 3. The van der Waals surface area contributed by atoms with E-state index in [0.29, 0.717) is 12.8 Å². The summed E-state index contributed by atoms with van der Waals surface area (Å²) in [7, 11) is 1.26. The maximum absolute atomic E-state index is 12.6. The van der Waals surface area contributed by atoms with E-state index in [1.54, 1.807) is 0 Å². The third-order valence-corrected chi connectivity index (χ3v) is 4.78. The van der Waals surface area contributed by atoms with Gasteiger partial charge in [-0.05, 0) is 18.9 Å². The van der Waals surface area contributed by atoms with E-state index in [-0.39, 0.29) is 10.9 Å². The highest BCUT2D eigenvalue weighted by atomic mass is 32.2. The third kappa shape index (κ3) is 5.07. The molecule has 0 radical (unpaired) electrons. The third-order valence-electron chi connectivity index (χ3n) is 3.92. The fourth-order valence-electron chi connectivity index (χ4n) is 2.73. The minimum Gasteiger partial charge on any atom is -0.467 e. The van der Waals surface area contributed by atoms with Gasteiger partial charge in [0.1, 0.15) is 11.2 Å². The van der Waals surface area contributed by atoms with E-state index in [0.717, 1.165) is 43.3 Å². The van der Waals surface area contributed by atoms with Gasteiger partial charge in [-0.1, -0.05) is 31.0 Å². The lowest BCUT2D eigenvalue weighted by Gasteiger charge is -2.35. The van der Waals surface area contributed by atoms with Crippen LogP contribution < -0.4 is 5.32 Å². The zero-order chi connectivity index (χ0) is 18.5. The molecule has 10 heteroatoms. The summed E-state index contributed by atoms with van der Waals surface area (Å²) in [6.45, 7) is 0. The topological polar surface area (TPSA) is 81.2 Å². The van der Waals surface area contributed by atoms with Crippen molar-refractivity contribution in [2.45, 2.75) is 49.0 Å². The van der Waals surface area contributed by atoms with E-state index in [1.165, 1.54) is 7.11 Å². The molecule has 0 aliphatic heterocycles. The van der Waals surface area contributed by atoms with Crippen LogP contribution in [0.5, 0.6) is 0 Å². The largest absolute Gasteiger partial charge is 0.467 e. The highest BCUT2D eigenvalue weighted by Gasteiger charge is 2.41. The van der Waals surface area contributed by atoms with Crippen LogP contribution in [-0.4, -0.2) is 40.2 Å². The summed E-state index contributed by atoms with van der Waals surface area (Å²) in [4.78, 5) is 31.3. The molecule has 0 bridgehead atoms. The molecule has 138 valence electrons. The number of methoxy groups -OCH3 is 1. The van der Waals surface area contributed by atoms with Crippen LogP contribution in [-0.2, 0) is 20.5 Å². The van der Waals surface area contributed by atoms with Crippen molar-refractivity contribution in [1.29, 1.82) is 0 Å². The first kappa shape index (κ1) is 19.5. The second-order valence-corrected chi connectivity index (χ2v) is 6.64. The average molecular weight is 377 g/mol. The molecule has 1 aliphatic carbocycles. The maximum atomic E-state index is 12.6. The Kier molecular flexibility index (Phi) is 6.26. The van der Waals surface area contributed by atoms with E-state index < -0.39 is 29.3 Å². The number of nitrogens with zero attached hydrogens (tertiary/aromatic N) is 2. The Morgan fingerprint density at radius 1 is 1.32 bits per heavy atom. The number of rotatable bonds is 5. The van der Waals surface area contributed by atoms with Gasteiger partial charge < -0.3 is 10.1 Å². The standard InChI is InChI=1S/C15H18F3N3O3S/c1-24-12(23)14(6-3-2-4-7-14)21-11(22)9-25-13-19-8-5-10(20-13)15(16,17)18/h5,8H,2-4,6-7,9H2,1H3,(H,21,22). The van der Waals surface area contributed by atoms with E-state index in [1.807, 2.05) is 0 Å². The van der Waals surface area contributed by atoms with Gasteiger partial charge in [0, 0.05) is 6.20 Å². The minimum absolute atomic E-state index is 0.152. The molecule has 1 aromatic rings. The fraction of sp³-hybridized carbons (Fsp3) is 0.600. The zero-order valence-electron chi connectivity index (χ0n) is 13.6. The molecule has 0 saturated heterocycles. The number of aromatic nitrogens is 2. The van der Waals surface area contributed by atoms with Crippen molar-refractivity contribution in [1.82, 2.24) is 15.3 Å². The summed E-state index contributed by atoms with van der Waals surface area (Å²) < 4.78 is 42.7. The van der Waals surface area contributed by atoms with Crippen LogP contribution in [0.2, 0.25) is 0 Å². The lowest BCUT2D eigenvalue weighted by atomic mass is 9.81. The Hall–Kier alpha value is -1.84. The van der Waals surface area contributed by atoms with E-state index in [4.69, 9.17) is 4.74 Å². The molecular weight excluding hydrogens is 359 g/mol. The van der Waals surface area contributed by atoms with Crippen LogP contribution in [0.25, 0.3) is 0 Å². The molecule has 0 unspecified atom stereocenters. The van der Waals surface area contributed by atoms with Gasteiger partial charge in [0.25, 0.3) is 0 Å². The molecule has 6 nitrogen and oxygen atoms in total. The summed E-state index contributed by atoms with van der Waals surface area (Å²) in [5.41, 5.74) is -2.12. The lowest BCUT2D eigenvalue weighted by Crippen LogP contribution is -2.56. The van der Waals surface area contributed by atoms with Gasteiger partial charge in [-0.2, -0.15) is 13.2 Å². The van der Waals surface area contributed by atoms with Gasteiger partial charge in [-0.15, -0.1) is 0 Å². The van der Waals surface area contributed by atoms with E-state index in [9.17, 15) is 22.8 Å².